The third kappa shape index (κ3) is 24.4. The summed E-state index contributed by atoms with van der Waals surface area (Å²) in [5.74, 6) is -1.93. The van der Waals surface area contributed by atoms with Crippen LogP contribution in [0.4, 0.5) is 0 Å². The molecule has 0 aromatic carbocycles. The molecule has 1 heterocycles. The molecule has 2 N–H and O–H groups in total. The fraction of sp³-hybridized carbons (Fsp3) is 0.700. The summed E-state index contributed by atoms with van der Waals surface area (Å²) >= 11 is 0. The Bertz CT molecular complexity index is 914. The molecular formula is C30H49GdN6O12-7. The Morgan fingerprint density at radius 3 is 1.69 bits per heavy atom. The Morgan fingerprint density at radius 2 is 1.16 bits per heavy atom. The zero-order valence-corrected chi connectivity index (χ0v) is 30.1. The van der Waals surface area contributed by atoms with E-state index in [1.54, 1.807) is 4.90 Å². The summed E-state index contributed by atoms with van der Waals surface area (Å²) in [6.45, 7) is 10.8. The number of hydrogen-bond donors (Lipinski definition) is 2. The molecule has 286 valence electrons. The molecule has 0 unspecified atom stereocenters. The number of carbonyl (C=O) groups is 5. The molecule has 1 rings (SSSR count). The van der Waals surface area contributed by atoms with Gasteiger partial charge in [-0.2, -0.15) is 0 Å². The van der Waals surface area contributed by atoms with E-state index in [0.717, 1.165) is 26.2 Å². The monoisotopic (exact) mass is 843 g/mol. The summed E-state index contributed by atoms with van der Waals surface area (Å²) in [7, 11) is 0. The molecule has 0 atom stereocenters. The van der Waals surface area contributed by atoms with Gasteiger partial charge in [0.1, 0.15) is 0 Å². The number of hydrogen-bond acceptors (Lipinski definition) is 15. The quantitative estimate of drug-likeness (QED) is 0.0234. The minimum atomic E-state index is -0.636. The van der Waals surface area contributed by atoms with Crippen molar-refractivity contribution in [1.29, 1.82) is 0 Å². The Kier molecular flexibility index (Phi) is 30.3. The van der Waals surface area contributed by atoms with Crippen molar-refractivity contribution in [2.45, 2.75) is 64.2 Å². The summed E-state index contributed by atoms with van der Waals surface area (Å²) in [6, 6.07) is 0. The van der Waals surface area contributed by atoms with Crippen molar-refractivity contribution in [3.63, 3.8) is 0 Å². The molecule has 1 aliphatic rings. The van der Waals surface area contributed by atoms with Gasteiger partial charge in [-0.15, -0.1) is 31.2 Å². The van der Waals surface area contributed by atoms with Gasteiger partial charge in [0.2, 0.25) is 11.8 Å². The Morgan fingerprint density at radius 1 is 0.694 bits per heavy atom. The van der Waals surface area contributed by atoms with E-state index in [9.17, 15) is 39.7 Å². The van der Waals surface area contributed by atoms with Gasteiger partial charge in [0.25, 0.3) is 11.8 Å². The fourth-order valence-corrected chi connectivity index (χ4v) is 4.56. The number of imide groups is 1. The van der Waals surface area contributed by atoms with Crippen LogP contribution in [0.15, 0.2) is 0 Å². The van der Waals surface area contributed by atoms with Gasteiger partial charge in [-0.3, -0.25) is 24.1 Å². The van der Waals surface area contributed by atoms with Gasteiger partial charge in [-0.1, -0.05) is 12.8 Å². The van der Waals surface area contributed by atoms with Crippen LogP contribution in [-0.4, -0.2) is 121 Å². The van der Waals surface area contributed by atoms with Gasteiger partial charge >= 0.3 is 5.97 Å². The number of rotatable bonds is 31. The third-order valence-corrected chi connectivity index (χ3v) is 7.33. The van der Waals surface area contributed by atoms with Gasteiger partial charge in [-0.25, -0.2) is 24.6 Å². The first-order chi connectivity index (χ1) is 23.2. The molecule has 0 spiro atoms. The topological polar surface area (TPSA) is 228 Å². The molecule has 0 aliphatic carbocycles. The van der Waals surface area contributed by atoms with E-state index < -0.39 is 17.8 Å². The van der Waals surface area contributed by atoms with Gasteiger partial charge in [0, 0.05) is 105 Å². The van der Waals surface area contributed by atoms with Crippen LogP contribution in [0.5, 0.6) is 0 Å². The normalized spacial score (nSPS) is 13.0. The molecule has 49 heavy (non-hydrogen) atoms. The van der Waals surface area contributed by atoms with E-state index in [-0.39, 0.29) is 97.2 Å². The molecule has 0 bridgehead atoms. The molecule has 19 heteroatoms. The van der Waals surface area contributed by atoms with E-state index >= 15 is 0 Å². The van der Waals surface area contributed by atoms with Crippen LogP contribution in [0.2, 0.25) is 0 Å². The van der Waals surface area contributed by atoms with Crippen LogP contribution in [-0.2, 0) is 43.5 Å². The van der Waals surface area contributed by atoms with Gasteiger partial charge < -0.3 is 62.6 Å². The van der Waals surface area contributed by atoms with E-state index in [1.807, 2.05) is 9.80 Å². The van der Waals surface area contributed by atoms with Gasteiger partial charge in [-0.05, 0) is 25.7 Å². The van der Waals surface area contributed by atoms with Crippen molar-refractivity contribution in [1.82, 2.24) is 30.4 Å². The molecule has 0 saturated carbocycles. The zero-order valence-electron chi connectivity index (χ0n) is 27.8. The average Bonchev–Trinajstić information content (AvgIpc) is 3.39. The fourth-order valence-electron chi connectivity index (χ4n) is 4.56. The minimum Gasteiger partial charge on any atom is -0.759 e. The summed E-state index contributed by atoms with van der Waals surface area (Å²) in [4.78, 5) is 81.1. The zero-order chi connectivity index (χ0) is 35.4. The predicted molar refractivity (Wildman–Crippen MR) is 161 cm³/mol. The van der Waals surface area contributed by atoms with Gasteiger partial charge in [0.15, 0.2) is 0 Å². The van der Waals surface area contributed by atoms with Crippen LogP contribution in [0, 0.1) is 66.7 Å². The third-order valence-electron chi connectivity index (χ3n) is 7.33. The van der Waals surface area contributed by atoms with Gasteiger partial charge in [0.05, 0.1) is 6.54 Å². The molecule has 18 nitrogen and oxygen atoms in total. The first-order valence-corrected chi connectivity index (χ1v) is 16.1. The number of amides is 4. The molecule has 1 saturated heterocycles. The van der Waals surface area contributed by atoms with Crippen LogP contribution in [0.3, 0.4) is 0 Å². The summed E-state index contributed by atoms with van der Waals surface area (Å²) in [6.07, 6.45) is 4.44. The summed E-state index contributed by atoms with van der Waals surface area (Å²) in [5, 5.41) is 37.4. The van der Waals surface area contributed by atoms with Crippen LogP contribution >= 0.6 is 0 Å². The average molecular weight is 843 g/mol. The minimum absolute atomic E-state index is 0. The van der Waals surface area contributed by atoms with Crippen molar-refractivity contribution in [3.05, 3.63) is 26.7 Å². The molecule has 1 fully saturated rings. The van der Waals surface area contributed by atoms with Crippen LogP contribution < -0.4 is 26.4 Å². The van der Waals surface area contributed by atoms with E-state index in [1.165, 1.54) is 0 Å². The smallest absolute Gasteiger partial charge is 0.333 e. The Hall–Kier alpha value is -1.49. The largest absolute Gasteiger partial charge is 0.759 e. The standard InChI is InChI=1S/C30H52N6O12.Gd/c1-2-33(19-22-45-42)15-17-35(18-16-34(20-23-46-43)21-24-47-44)25-27(38)32-14-7-3-5-9-26(37)31-13-8-4-6-10-30(41)48-36-28(39)11-12-29(36)40;/h22-24,42-44H,1-21,25H2,(H,31,37)(H,32,38);/q-4;/p-3. The van der Waals surface area contributed by atoms with Crippen LogP contribution in [0.25, 0.3) is 0 Å². The maximum absolute atomic E-state index is 12.7. The molecule has 4 amide bonds. The van der Waals surface area contributed by atoms with Crippen molar-refractivity contribution < 1.29 is 99.2 Å². The summed E-state index contributed by atoms with van der Waals surface area (Å²) in [5.41, 5.74) is 0. The first kappa shape index (κ1) is 47.5. The number of hydroxylamine groups is 2. The molecule has 1 aliphatic heterocycles. The SMILES string of the molecule is [CH2-]CN(C[CH-]O[O-])CCN(CCN(C[CH-]O[O-])C[CH-]O[O-])CC(=O)NCCCCCC(=O)NCCCCCC(=O)ON1C(=O)CCC1=O.[Gd]. The van der Waals surface area contributed by atoms with Crippen molar-refractivity contribution in [3.8, 4) is 0 Å². The van der Waals surface area contributed by atoms with E-state index in [2.05, 4.69) is 32.2 Å². The van der Waals surface area contributed by atoms with E-state index in [4.69, 9.17) is 4.84 Å². The van der Waals surface area contributed by atoms with Crippen LogP contribution in [0.1, 0.15) is 64.2 Å². The summed E-state index contributed by atoms with van der Waals surface area (Å²) < 4.78 is 0. The van der Waals surface area contributed by atoms with Crippen molar-refractivity contribution in [2.75, 3.05) is 72.0 Å². The Balaban J connectivity index is 0.0000230. The molecule has 0 aromatic rings. The molecule has 0 aromatic heterocycles. The Labute approximate surface area is 320 Å². The predicted octanol–water partition coefficient (Wildman–Crippen LogP) is -2.95. The second-order valence-corrected chi connectivity index (χ2v) is 11.0. The molecular weight excluding hydrogens is 794 g/mol. The first-order valence-electron chi connectivity index (χ1n) is 16.1. The second kappa shape index (κ2) is 31.3. The number of nitrogens with one attached hydrogen (secondary N) is 2. The molecule has 0 radical (unpaired) electrons. The van der Waals surface area contributed by atoms with E-state index in [0.29, 0.717) is 89.4 Å². The van der Waals surface area contributed by atoms with Crippen molar-refractivity contribution >= 4 is 29.6 Å². The van der Waals surface area contributed by atoms with Crippen molar-refractivity contribution in [2.24, 2.45) is 0 Å². The number of unbranched alkanes of at least 4 members (excludes halogenated alkanes) is 4. The number of nitrogens with zero attached hydrogens (tertiary/aromatic N) is 4. The second-order valence-electron chi connectivity index (χ2n) is 11.0. The maximum atomic E-state index is 12.7. The maximum Gasteiger partial charge on any atom is 0.333 e. The number of carbonyl (C=O) groups excluding carboxylic acids is 5.